The van der Waals surface area contributed by atoms with E-state index < -0.39 is 0 Å². The highest BCUT2D eigenvalue weighted by molar-refractivity contribution is 7.99. The van der Waals surface area contributed by atoms with Crippen LogP contribution in [-0.2, 0) is 13.6 Å². The molecule has 0 fully saturated rings. The number of hydrogen-bond donors (Lipinski definition) is 2. The molecule has 0 aliphatic rings. The number of rotatable bonds is 5. The van der Waals surface area contributed by atoms with Crippen molar-refractivity contribution in [1.82, 2.24) is 14.8 Å². The predicted molar refractivity (Wildman–Crippen MR) is 51.3 cm³/mol. The molecule has 6 heteroatoms. The Balaban J connectivity index is 2.51. The summed E-state index contributed by atoms with van der Waals surface area (Å²) in [5, 5.41) is 17.3. The van der Waals surface area contributed by atoms with Crippen LogP contribution in [0.4, 0.5) is 0 Å². The average molecular weight is 202 g/mol. The minimum atomic E-state index is 0.217. The highest BCUT2D eigenvalue weighted by atomic mass is 32.2. The Morgan fingerprint density at radius 3 is 2.85 bits per heavy atom. The van der Waals surface area contributed by atoms with Crippen molar-refractivity contribution in [2.45, 2.75) is 18.1 Å². The first-order valence-electron chi connectivity index (χ1n) is 4.11. The second-order valence-electron chi connectivity index (χ2n) is 2.59. The second kappa shape index (κ2) is 5.21. The van der Waals surface area contributed by atoms with Gasteiger partial charge in [-0.2, -0.15) is 0 Å². The molecule has 0 aliphatic carbocycles. The summed E-state index contributed by atoms with van der Waals surface area (Å²) in [6.45, 7) is 0.624. The van der Waals surface area contributed by atoms with Crippen molar-refractivity contribution in [2.24, 2.45) is 12.8 Å². The molecule has 0 amide bonds. The fourth-order valence-electron chi connectivity index (χ4n) is 0.877. The maximum Gasteiger partial charge on any atom is 0.190 e. The summed E-state index contributed by atoms with van der Waals surface area (Å²) in [6.07, 6.45) is 0.773. The number of aliphatic hydroxyl groups excluding tert-OH is 1. The van der Waals surface area contributed by atoms with E-state index in [4.69, 9.17) is 10.8 Å². The quantitative estimate of drug-likeness (QED) is 0.508. The minimum absolute atomic E-state index is 0.217. The highest BCUT2D eigenvalue weighted by Crippen LogP contribution is 2.15. The Hall–Kier alpha value is -0.590. The second-order valence-corrected chi connectivity index (χ2v) is 3.65. The summed E-state index contributed by atoms with van der Waals surface area (Å²) < 4.78 is 1.88. The van der Waals surface area contributed by atoms with Gasteiger partial charge in [0, 0.05) is 19.4 Å². The first-order chi connectivity index (χ1) is 6.29. The lowest BCUT2D eigenvalue weighted by Crippen LogP contribution is -2.05. The zero-order valence-electron chi connectivity index (χ0n) is 7.60. The standard InChI is InChI=1S/C7H14N4OS/c1-11-6(5-8)9-10-7(11)13-4-2-3-12/h12H,2-5,8H2,1H3. The molecule has 0 saturated carbocycles. The van der Waals surface area contributed by atoms with Crippen LogP contribution in [0.3, 0.4) is 0 Å². The van der Waals surface area contributed by atoms with Crippen molar-refractivity contribution in [1.29, 1.82) is 0 Å². The van der Waals surface area contributed by atoms with Crippen LogP contribution in [-0.4, -0.2) is 32.2 Å². The van der Waals surface area contributed by atoms with E-state index in [2.05, 4.69) is 10.2 Å². The first kappa shape index (κ1) is 10.5. The fourth-order valence-corrected chi connectivity index (χ4v) is 1.73. The Morgan fingerprint density at radius 1 is 1.54 bits per heavy atom. The molecule has 0 atom stereocenters. The Morgan fingerprint density at radius 2 is 2.31 bits per heavy atom. The lowest BCUT2D eigenvalue weighted by molar-refractivity contribution is 0.296. The summed E-state index contributed by atoms with van der Waals surface area (Å²) in [4.78, 5) is 0. The van der Waals surface area contributed by atoms with E-state index in [0.717, 1.165) is 23.2 Å². The number of nitrogens with two attached hydrogens (primary N) is 1. The van der Waals surface area contributed by atoms with Crippen LogP contribution in [0.25, 0.3) is 0 Å². The van der Waals surface area contributed by atoms with Crippen LogP contribution in [0.5, 0.6) is 0 Å². The summed E-state index contributed by atoms with van der Waals surface area (Å²) in [7, 11) is 1.89. The largest absolute Gasteiger partial charge is 0.396 e. The third-order valence-corrected chi connectivity index (χ3v) is 2.75. The van der Waals surface area contributed by atoms with Crippen LogP contribution < -0.4 is 5.73 Å². The third kappa shape index (κ3) is 2.68. The molecule has 0 bridgehead atoms. The number of hydrogen-bond acceptors (Lipinski definition) is 5. The van der Waals surface area contributed by atoms with Crippen LogP contribution in [0.1, 0.15) is 12.2 Å². The zero-order chi connectivity index (χ0) is 9.68. The third-order valence-electron chi connectivity index (χ3n) is 1.64. The van der Waals surface area contributed by atoms with Gasteiger partial charge in [0.05, 0.1) is 6.54 Å². The van der Waals surface area contributed by atoms with Gasteiger partial charge >= 0.3 is 0 Å². The van der Waals surface area contributed by atoms with Gasteiger partial charge in [0.2, 0.25) is 0 Å². The molecule has 3 N–H and O–H groups in total. The molecule has 1 aromatic rings. The lowest BCUT2D eigenvalue weighted by atomic mass is 10.5. The van der Waals surface area contributed by atoms with Crippen molar-refractivity contribution >= 4 is 11.8 Å². The Bertz CT molecular complexity index is 263. The highest BCUT2D eigenvalue weighted by Gasteiger charge is 2.06. The molecular weight excluding hydrogens is 188 g/mol. The van der Waals surface area contributed by atoms with E-state index in [1.54, 1.807) is 11.8 Å². The predicted octanol–water partition coefficient (Wildman–Crippen LogP) is -0.252. The van der Waals surface area contributed by atoms with Gasteiger partial charge in [-0.05, 0) is 6.42 Å². The van der Waals surface area contributed by atoms with Crippen LogP contribution in [0.2, 0.25) is 0 Å². The van der Waals surface area contributed by atoms with Crippen molar-refractivity contribution in [3.05, 3.63) is 5.82 Å². The normalized spacial score (nSPS) is 10.7. The molecule has 1 aromatic heterocycles. The Kier molecular flexibility index (Phi) is 4.20. The van der Waals surface area contributed by atoms with E-state index in [0.29, 0.717) is 6.54 Å². The summed E-state index contributed by atoms with van der Waals surface area (Å²) in [5.74, 6) is 1.64. The summed E-state index contributed by atoms with van der Waals surface area (Å²) in [5.41, 5.74) is 5.45. The molecule has 0 saturated heterocycles. The molecule has 0 aliphatic heterocycles. The smallest absolute Gasteiger partial charge is 0.190 e. The van der Waals surface area contributed by atoms with Crippen LogP contribution >= 0.6 is 11.8 Å². The van der Waals surface area contributed by atoms with Gasteiger partial charge in [0.25, 0.3) is 0 Å². The summed E-state index contributed by atoms with van der Waals surface area (Å²) >= 11 is 1.58. The van der Waals surface area contributed by atoms with Crippen molar-refractivity contribution in [3.8, 4) is 0 Å². The molecular formula is C7H14N4OS. The number of nitrogens with zero attached hydrogens (tertiary/aromatic N) is 3. The van der Waals surface area contributed by atoms with E-state index in [9.17, 15) is 0 Å². The van der Waals surface area contributed by atoms with E-state index in [-0.39, 0.29) is 6.61 Å². The van der Waals surface area contributed by atoms with E-state index in [1.807, 2.05) is 11.6 Å². The SMILES string of the molecule is Cn1c(CN)nnc1SCCCO. The fraction of sp³-hybridized carbons (Fsp3) is 0.714. The number of thioether (sulfide) groups is 1. The Labute approximate surface area is 81.3 Å². The van der Waals surface area contributed by atoms with Gasteiger partial charge in [0.15, 0.2) is 5.16 Å². The monoisotopic (exact) mass is 202 g/mol. The van der Waals surface area contributed by atoms with Crippen molar-refractivity contribution in [3.63, 3.8) is 0 Å². The van der Waals surface area contributed by atoms with E-state index in [1.165, 1.54) is 0 Å². The van der Waals surface area contributed by atoms with Crippen LogP contribution in [0.15, 0.2) is 5.16 Å². The van der Waals surface area contributed by atoms with E-state index >= 15 is 0 Å². The molecule has 5 nitrogen and oxygen atoms in total. The minimum Gasteiger partial charge on any atom is -0.396 e. The number of aliphatic hydroxyl groups is 1. The maximum atomic E-state index is 8.59. The first-order valence-corrected chi connectivity index (χ1v) is 5.10. The molecule has 0 spiro atoms. The van der Waals surface area contributed by atoms with Gasteiger partial charge < -0.3 is 15.4 Å². The topological polar surface area (TPSA) is 77.0 Å². The van der Waals surface area contributed by atoms with Gasteiger partial charge in [-0.1, -0.05) is 11.8 Å². The molecule has 74 valence electrons. The van der Waals surface area contributed by atoms with Crippen molar-refractivity contribution in [2.75, 3.05) is 12.4 Å². The molecule has 1 heterocycles. The van der Waals surface area contributed by atoms with Gasteiger partial charge in [-0.3, -0.25) is 0 Å². The molecule has 1 rings (SSSR count). The van der Waals surface area contributed by atoms with Gasteiger partial charge in [-0.15, -0.1) is 10.2 Å². The molecule has 0 aromatic carbocycles. The summed E-state index contributed by atoms with van der Waals surface area (Å²) in [6, 6.07) is 0. The maximum absolute atomic E-state index is 8.59. The lowest BCUT2D eigenvalue weighted by Gasteiger charge is -2.00. The number of aromatic nitrogens is 3. The average Bonchev–Trinajstić information content (AvgIpc) is 2.48. The zero-order valence-corrected chi connectivity index (χ0v) is 8.42. The molecule has 0 unspecified atom stereocenters. The van der Waals surface area contributed by atoms with Gasteiger partial charge in [-0.25, -0.2) is 0 Å². The molecule has 13 heavy (non-hydrogen) atoms. The van der Waals surface area contributed by atoms with Gasteiger partial charge in [0.1, 0.15) is 5.82 Å². The van der Waals surface area contributed by atoms with Crippen molar-refractivity contribution < 1.29 is 5.11 Å². The molecule has 0 radical (unpaired) electrons. The van der Waals surface area contributed by atoms with Crippen LogP contribution in [0, 0.1) is 0 Å².